The van der Waals surface area contributed by atoms with Crippen molar-refractivity contribution in [2.24, 2.45) is 0 Å². The van der Waals surface area contributed by atoms with Gasteiger partial charge in [0, 0.05) is 12.0 Å². The number of nitrogens with zero attached hydrogens (tertiary/aromatic N) is 2. The fraction of sp³-hybridized carbons (Fsp3) is 0.167. The maximum absolute atomic E-state index is 12.8. The van der Waals surface area contributed by atoms with Gasteiger partial charge in [-0.05, 0) is 17.2 Å². The van der Waals surface area contributed by atoms with Crippen molar-refractivity contribution in [3.05, 3.63) is 71.5 Å². The molecule has 0 fully saturated rings. The van der Waals surface area contributed by atoms with E-state index in [1.165, 1.54) is 6.33 Å². The molecule has 0 unspecified atom stereocenters. The van der Waals surface area contributed by atoms with Crippen molar-refractivity contribution < 1.29 is 9.90 Å². The Hall–Kier alpha value is -2.99. The van der Waals surface area contributed by atoms with Crippen molar-refractivity contribution in [3.8, 4) is 11.4 Å². The summed E-state index contributed by atoms with van der Waals surface area (Å²) >= 11 is 0. The number of fused-ring (bicyclic) bond motifs is 1. The highest BCUT2D eigenvalue weighted by Crippen LogP contribution is 2.32. The van der Waals surface area contributed by atoms with Crippen LogP contribution in [0.3, 0.4) is 0 Å². The van der Waals surface area contributed by atoms with Crippen LogP contribution >= 0.6 is 0 Å². The third-order valence-electron chi connectivity index (χ3n) is 4.33. The highest BCUT2D eigenvalue weighted by atomic mass is 16.3. The van der Waals surface area contributed by atoms with Crippen molar-refractivity contribution in [2.75, 3.05) is 0 Å². The molecule has 2 atom stereocenters. The summed E-state index contributed by atoms with van der Waals surface area (Å²) in [5, 5.41) is 19.9. The molecule has 0 saturated carbocycles. The second-order valence-electron chi connectivity index (χ2n) is 5.80. The van der Waals surface area contributed by atoms with Crippen LogP contribution in [0.15, 0.2) is 54.9 Å². The van der Waals surface area contributed by atoms with E-state index in [1.807, 2.05) is 36.4 Å². The molecule has 1 aliphatic rings. The average Bonchev–Trinajstić information content (AvgIpc) is 3.24. The standard InChI is InChI=1S/C18H16N4O2/c23-15-9-11-5-1-2-6-12(11)16(15)21-18(24)14-8-4-3-7-13(14)17-19-10-20-22-17/h1-8,10,15-16,23H,9H2,(H,21,24)(H,19,20,22)/t15-,16-/m1/s1. The Balaban J connectivity index is 1.64. The van der Waals surface area contributed by atoms with Gasteiger partial charge in [-0.1, -0.05) is 42.5 Å². The molecule has 24 heavy (non-hydrogen) atoms. The molecule has 4 rings (SSSR count). The lowest BCUT2D eigenvalue weighted by molar-refractivity contribution is 0.0858. The van der Waals surface area contributed by atoms with Gasteiger partial charge in [-0.25, -0.2) is 4.98 Å². The molecule has 6 heteroatoms. The van der Waals surface area contributed by atoms with Crippen LogP contribution in [0, 0.1) is 0 Å². The van der Waals surface area contributed by atoms with E-state index < -0.39 is 12.1 Å². The lowest BCUT2D eigenvalue weighted by Crippen LogP contribution is -2.34. The fourth-order valence-electron chi connectivity index (χ4n) is 3.19. The SMILES string of the molecule is O=C(N[C@@H]1c2ccccc2C[C@H]1O)c1ccccc1-c1ncn[nH]1. The van der Waals surface area contributed by atoms with Gasteiger partial charge in [-0.15, -0.1) is 0 Å². The van der Waals surface area contributed by atoms with Crippen LogP contribution in [0.5, 0.6) is 0 Å². The number of aliphatic hydroxyl groups is 1. The number of aliphatic hydroxyl groups excluding tert-OH is 1. The van der Waals surface area contributed by atoms with E-state index in [0.29, 0.717) is 23.4 Å². The number of carbonyl (C=O) groups is 1. The summed E-state index contributed by atoms with van der Waals surface area (Å²) in [4.78, 5) is 16.9. The van der Waals surface area contributed by atoms with Crippen LogP contribution in [-0.2, 0) is 6.42 Å². The van der Waals surface area contributed by atoms with Gasteiger partial charge in [0.15, 0.2) is 5.82 Å². The van der Waals surface area contributed by atoms with Gasteiger partial charge in [-0.2, -0.15) is 5.10 Å². The number of hydrogen-bond donors (Lipinski definition) is 3. The monoisotopic (exact) mass is 320 g/mol. The van der Waals surface area contributed by atoms with Crippen LogP contribution in [0.2, 0.25) is 0 Å². The zero-order valence-electron chi connectivity index (χ0n) is 12.8. The summed E-state index contributed by atoms with van der Waals surface area (Å²) in [6.45, 7) is 0. The number of benzene rings is 2. The summed E-state index contributed by atoms with van der Waals surface area (Å²) in [6.07, 6.45) is 1.33. The molecule has 0 saturated heterocycles. The van der Waals surface area contributed by atoms with Crippen molar-refractivity contribution in [1.82, 2.24) is 20.5 Å². The molecule has 120 valence electrons. The molecule has 2 aromatic carbocycles. The Morgan fingerprint density at radius 3 is 2.79 bits per heavy atom. The predicted molar refractivity (Wildman–Crippen MR) is 88.2 cm³/mol. The first-order valence-electron chi connectivity index (χ1n) is 7.75. The smallest absolute Gasteiger partial charge is 0.252 e. The first kappa shape index (κ1) is 14.6. The molecule has 0 radical (unpaired) electrons. The maximum atomic E-state index is 12.8. The van der Waals surface area contributed by atoms with Crippen LogP contribution in [0.25, 0.3) is 11.4 Å². The highest BCUT2D eigenvalue weighted by Gasteiger charge is 2.32. The number of amides is 1. The summed E-state index contributed by atoms with van der Waals surface area (Å²) < 4.78 is 0. The van der Waals surface area contributed by atoms with E-state index in [4.69, 9.17) is 0 Å². The zero-order valence-corrected chi connectivity index (χ0v) is 12.8. The second kappa shape index (κ2) is 5.90. The highest BCUT2D eigenvalue weighted by molar-refractivity contribution is 6.00. The molecule has 3 N–H and O–H groups in total. The molecular weight excluding hydrogens is 304 g/mol. The summed E-state index contributed by atoms with van der Waals surface area (Å²) in [5.41, 5.74) is 3.20. The number of rotatable bonds is 3. The van der Waals surface area contributed by atoms with Gasteiger partial charge >= 0.3 is 0 Å². The van der Waals surface area contributed by atoms with Gasteiger partial charge in [0.25, 0.3) is 5.91 Å². The number of aromatic amines is 1. The minimum atomic E-state index is -0.621. The molecule has 6 nitrogen and oxygen atoms in total. The lowest BCUT2D eigenvalue weighted by Gasteiger charge is -2.18. The third kappa shape index (κ3) is 2.47. The van der Waals surface area contributed by atoms with Crippen molar-refractivity contribution in [1.29, 1.82) is 0 Å². The molecule has 1 heterocycles. The maximum Gasteiger partial charge on any atom is 0.252 e. The number of H-pyrrole nitrogens is 1. The van der Waals surface area contributed by atoms with Crippen LogP contribution in [0.4, 0.5) is 0 Å². The van der Waals surface area contributed by atoms with Gasteiger partial charge in [0.1, 0.15) is 6.33 Å². The second-order valence-corrected chi connectivity index (χ2v) is 5.80. The van der Waals surface area contributed by atoms with Crippen molar-refractivity contribution >= 4 is 5.91 Å². The Morgan fingerprint density at radius 2 is 1.96 bits per heavy atom. The third-order valence-corrected chi connectivity index (χ3v) is 4.33. The molecule has 1 amide bonds. The number of carbonyl (C=O) groups excluding carboxylic acids is 1. The normalized spacial score (nSPS) is 19.0. The Bertz CT molecular complexity index is 876. The quantitative estimate of drug-likeness (QED) is 0.687. The van der Waals surface area contributed by atoms with E-state index in [1.54, 1.807) is 12.1 Å². The van der Waals surface area contributed by atoms with E-state index in [-0.39, 0.29) is 5.91 Å². The van der Waals surface area contributed by atoms with E-state index in [9.17, 15) is 9.90 Å². The Labute approximate surface area is 138 Å². The number of aromatic nitrogens is 3. The Morgan fingerprint density at radius 1 is 1.17 bits per heavy atom. The molecular formula is C18H16N4O2. The van der Waals surface area contributed by atoms with Gasteiger partial charge < -0.3 is 10.4 Å². The largest absolute Gasteiger partial charge is 0.390 e. The first-order valence-corrected chi connectivity index (χ1v) is 7.75. The van der Waals surface area contributed by atoms with Crippen molar-refractivity contribution in [2.45, 2.75) is 18.6 Å². The topological polar surface area (TPSA) is 90.9 Å². The molecule has 1 aliphatic carbocycles. The van der Waals surface area contributed by atoms with Gasteiger partial charge in [0.05, 0.1) is 17.7 Å². The minimum Gasteiger partial charge on any atom is -0.390 e. The van der Waals surface area contributed by atoms with Crippen molar-refractivity contribution in [3.63, 3.8) is 0 Å². The Kier molecular flexibility index (Phi) is 3.59. The molecule has 1 aromatic heterocycles. The lowest BCUT2D eigenvalue weighted by atomic mass is 10.0. The molecule has 0 spiro atoms. The average molecular weight is 320 g/mol. The summed E-state index contributed by atoms with van der Waals surface area (Å²) in [7, 11) is 0. The van der Waals surface area contributed by atoms with E-state index in [2.05, 4.69) is 20.5 Å². The first-order chi connectivity index (χ1) is 11.7. The van der Waals surface area contributed by atoms with Crippen LogP contribution in [-0.4, -0.2) is 32.3 Å². The van der Waals surface area contributed by atoms with E-state index >= 15 is 0 Å². The van der Waals surface area contributed by atoms with Gasteiger partial charge in [-0.3, -0.25) is 9.89 Å². The fourth-order valence-corrected chi connectivity index (χ4v) is 3.19. The molecule has 3 aromatic rings. The summed E-state index contributed by atoms with van der Waals surface area (Å²) in [5.74, 6) is 0.288. The van der Waals surface area contributed by atoms with Crippen LogP contribution < -0.4 is 5.32 Å². The predicted octanol–water partition coefficient (Wildman–Crippen LogP) is 1.86. The summed E-state index contributed by atoms with van der Waals surface area (Å²) in [6, 6.07) is 14.6. The number of hydrogen-bond acceptors (Lipinski definition) is 4. The van der Waals surface area contributed by atoms with Crippen LogP contribution in [0.1, 0.15) is 27.5 Å². The molecule has 0 bridgehead atoms. The minimum absolute atomic E-state index is 0.247. The van der Waals surface area contributed by atoms with E-state index in [0.717, 1.165) is 11.1 Å². The zero-order chi connectivity index (χ0) is 16.5. The molecule has 0 aliphatic heterocycles. The van der Waals surface area contributed by atoms with Gasteiger partial charge in [0.2, 0.25) is 0 Å². The number of nitrogens with one attached hydrogen (secondary N) is 2.